The first-order valence-electron chi connectivity index (χ1n) is 9.46. The molecule has 0 fully saturated rings. The Morgan fingerprint density at radius 3 is 2.24 bits per heavy atom. The normalized spacial score (nSPS) is 10.7. The highest BCUT2D eigenvalue weighted by molar-refractivity contribution is 5.82. The predicted octanol–water partition coefficient (Wildman–Crippen LogP) is 4.97. The molecule has 0 aromatic heterocycles. The number of hydrogen-bond acceptors (Lipinski definition) is 5. The van der Waals surface area contributed by atoms with Crippen molar-refractivity contribution in [2.45, 2.75) is 0 Å². The zero-order valence-electron chi connectivity index (χ0n) is 17.0. The van der Waals surface area contributed by atoms with Crippen molar-refractivity contribution in [1.82, 2.24) is 0 Å². The number of aliphatic imine (C=N–C) groups is 1. The summed E-state index contributed by atoms with van der Waals surface area (Å²) in [7, 11) is 5.66. The maximum atomic E-state index is 5.80. The first-order chi connectivity index (χ1) is 14.2. The maximum Gasteiger partial charge on any atom is 0.162 e. The van der Waals surface area contributed by atoms with Crippen molar-refractivity contribution in [3.63, 3.8) is 0 Å². The van der Waals surface area contributed by atoms with Crippen molar-refractivity contribution in [2.75, 3.05) is 39.3 Å². The smallest absolute Gasteiger partial charge is 0.162 e. The average Bonchev–Trinajstić information content (AvgIpc) is 2.76. The number of rotatable bonds is 9. The Balaban J connectivity index is 1.57. The maximum absolute atomic E-state index is 5.80. The Kier molecular flexibility index (Phi) is 7.11. The molecule has 3 aromatic rings. The molecule has 0 amide bonds. The summed E-state index contributed by atoms with van der Waals surface area (Å²) in [6.07, 6.45) is 1.84. The number of para-hydroxylation sites is 1. The summed E-state index contributed by atoms with van der Waals surface area (Å²) < 4.78 is 16.9. The number of hydrogen-bond donors (Lipinski definition) is 0. The Morgan fingerprint density at radius 2 is 1.55 bits per heavy atom. The van der Waals surface area contributed by atoms with Crippen LogP contribution in [0.3, 0.4) is 0 Å². The molecule has 0 radical (unpaired) electrons. The fraction of sp³-hybridized carbons (Fsp3) is 0.208. The molecule has 0 bridgehead atoms. The van der Waals surface area contributed by atoms with Gasteiger partial charge >= 0.3 is 0 Å². The molecular weight excluding hydrogens is 364 g/mol. The molecular formula is C24H26N2O3. The van der Waals surface area contributed by atoms with E-state index in [1.165, 1.54) is 0 Å². The lowest BCUT2D eigenvalue weighted by molar-refractivity contribution is 0.211. The zero-order chi connectivity index (χ0) is 20.5. The van der Waals surface area contributed by atoms with Gasteiger partial charge in [-0.25, -0.2) is 0 Å². The van der Waals surface area contributed by atoms with Crippen LogP contribution < -0.4 is 19.1 Å². The van der Waals surface area contributed by atoms with Crippen LogP contribution in [0.2, 0.25) is 0 Å². The van der Waals surface area contributed by atoms with E-state index in [4.69, 9.17) is 14.2 Å². The van der Waals surface area contributed by atoms with E-state index in [2.05, 4.69) is 22.0 Å². The summed E-state index contributed by atoms with van der Waals surface area (Å²) >= 11 is 0. The van der Waals surface area contributed by atoms with Gasteiger partial charge in [-0.15, -0.1) is 0 Å². The van der Waals surface area contributed by atoms with Gasteiger partial charge in [0.2, 0.25) is 0 Å². The third-order valence-electron chi connectivity index (χ3n) is 4.27. The molecule has 150 valence electrons. The van der Waals surface area contributed by atoms with Gasteiger partial charge in [-0.2, -0.15) is 0 Å². The van der Waals surface area contributed by atoms with Crippen LogP contribution in [0.25, 0.3) is 0 Å². The molecule has 5 heteroatoms. The molecule has 3 rings (SSSR count). The summed E-state index contributed by atoms with van der Waals surface area (Å²) in [5.41, 5.74) is 2.99. The SMILES string of the molecule is COc1cc(N=Cc2ccc(N(C)C)cc2)ccc1OCCOc1ccccc1. The van der Waals surface area contributed by atoms with Crippen LogP contribution in [-0.2, 0) is 0 Å². The number of nitrogens with zero attached hydrogens (tertiary/aromatic N) is 2. The van der Waals surface area contributed by atoms with Gasteiger partial charge in [-0.1, -0.05) is 30.3 Å². The van der Waals surface area contributed by atoms with Gasteiger partial charge in [0, 0.05) is 32.1 Å². The van der Waals surface area contributed by atoms with Gasteiger partial charge in [0.15, 0.2) is 11.5 Å². The summed E-state index contributed by atoms with van der Waals surface area (Å²) in [5, 5.41) is 0. The van der Waals surface area contributed by atoms with E-state index in [1.54, 1.807) is 7.11 Å². The fourth-order valence-electron chi connectivity index (χ4n) is 2.69. The van der Waals surface area contributed by atoms with E-state index < -0.39 is 0 Å². The molecule has 0 spiro atoms. The van der Waals surface area contributed by atoms with Crippen LogP contribution in [0.5, 0.6) is 17.2 Å². The second kappa shape index (κ2) is 10.2. The highest BCUT2D eigenvalue weighted by atomic mass is 16.5. The number of methoxy groups -OCH3 is 1. The van der Waals surface area contributed by atoms with Crippen LogP contribution in [-0.4, -0.2) is 40.6 Å². The molecule has 0 aliphatic rings. The average molecular weight is 390 g/mol. The van der Waals surface area contributed by atoms with Gasteiger partial charge in [-0.3, -0.25) is 4.99 Å². The molecule has 0 heterocycles. The molecule has 0 saturated heterocycles. The van der Waals surface area contributed by atoms with Crippen molar-refractivity contribution in [2.24, 2.45) is 4.99 Å². The molecule has 5 nitrogen and oxygen atoms in total. The zero-order valence-corrected chi connectivity index (χ0v) is 17.0. The molecule has 0 N–H and O–H groups in total. The quantitative estimate of drug-likeness (QED) is 0.382. The first kappa shape index (κ1) is 20.3. The number of anilines is 1. The molecule has 0 aliphatic carbocycles. The second-order valence-electron chi connectivity index (χ2n) is 6.59. The highest BCUT2D eigenvalue weighted by Gasteiger charge is 2.06. The van der Waals surface area contributed by atoms with E-state index in [9.17, 15) is 0 Å². The van der Waals surface area contributed by atoms with Crippen molar-refractivity contribution in [3.8, 4) is 17.2 Å². The second-order valence-corrected chi connectivity index (χ2v) is 6.59. The summed E-state index contributed by atoms with van der Waals surface area (Å²) in [6, 6.07) is 23.5. The van der Waals surface area contributed by atoms with Gasteiger partial charge in [0.1, 0.15) is 19.0 Å². The van der Waals surface area contributed by atoms with Crippen LogP contribution in [0, 0.1) is 0 Å². The van der Waals surface area contributed by atoms with Gasteiger partial charge in [0.05, 0.1) is 12.8 Å². The lowest BCUT2D eigenvalue weighted by Gasteiger charge is -2.12. The lowest BCUT2D eigenvalue weighted by Crippen LogP contribution is -2.09. The number of ether oxygens (including phenoxy) is 3. The minimum absolute atomic E-state index is 0.423. The van der Waals surface area contributed by atoms with Gasteiger partial charge in [-0.05, 0) is 42.0 Å². The standard InChI is InChI=1S/C24H26N2O3/c1-26(2)21-12-9-19(10-13-21)18-25-20-11-14-23(24(17-20)27-3)29-16-15-28-22-7-5-4-6-8-22/h4-14,17-18H,15-16H2,1-3H3. The molecule has 29 heavy (non-hydrogen) atoms. The fourth-order valence-corrected chi connectivity index (χ4v) is 2.69. The lowest BCUT2D eigenvalue weighted by atomic mass is 10.2. The molecule has 0 atom stereocenters. The van der Waals surface area contributed by atoms with E-state index in [1.807, 2.05) is 81.0 Å². The predicted molar refractivity (Wildman–Crippen MR) is 118 cm³/mol. The van der Waals surface area contributed by atoms with E-state index in [0.29, 0.717) is 24.7 Å². The Bertz CT molecular complexity index is 923. The first-order valence-corrected chi connectivity index (χ1v) is 9.46. The largest absolute Gasteiger partial charge is 0.493 e. The third-order valence-corrected chi connectivity index (χ3v) is 4.27. The minimum Gasteiger partial charge on any atom is -0.493 e. The van der Waals surface area contributed by atoms with E-state index >= 15 is 0 Å². The van der Waals surface area contributed by atoms with Crippen LogP contribution >= 0.6 is 0 Å². The molecule has 3 aromatic carbocycles. The third kappa shape index (κ3) is 6.01. The van der Waals surface area contributed by atoms with Crippen LogP contribution in [0.4, 0.5) is 11.4 Å². The Morgan fingerprint density at radius 1 is 0.828 bits per heavy atom. The summed E-state index contributed by atoms with van der Waals surface area (Å²) in [6.45, 7) is 0.877. The highest BCUT2D eigenvalue weighted by Crippen LogP contribution is 2.31. The van der Waals surface area contributed by atoms with Gasteiger partial charge < -0.3 is 19.1 Å². The Labute approximate surface area is 172 Å². The van der Waals surface area contributed by atoms with Crippen molar-refractivity contribution in [3.05, 3.63) is 78.4 Å². The van der Waals surface area contributed by atoms with Crippen molar-refractivity contribution >= 4 is 17.6 Å². The molecule has 0 unspecified atom stereocenters. The minimum atomic E-state index is 0.423. The summed E-state index contributed by atoms with van der Waals surface area (Å²) in [4.78, 5) is 6.60. The van der Waals surface area contributed by atoms with E-state index in [-0.39, 0.29) is 0 Å². The molecule has 0 aliphatic heterocycles. The van der Waals surface area contributed by atoms with E-state index in [0.717, 1.165) is 22.7 Å². The monoisotopic (exact) mass is 390 g/mol. The van der Waals surface area contributed by atoms with Crippen LogP contribution in [0.1, 0.15) is 5.56 Å². The van der Waals surface area contributed by atoms with Crippen LogP contribution in [0.15, 0.2) is 77.8 Å². The van der Waals surface area contributed by atoms with Crippen molar-refractivity contribution < 1.29 is 14.2 Å². The van der Waals surface area contributed by atoms with Gasteiger partial charge in [0.25, 0.3) is 0 Å². The number of benzene rings is 3. The summed E-state index contributed by atoms with van der Waals surface area (Å²) in [5.74, 6) is 2.13. The molecule has 0 saturated carbocycles. The Hall–Kier alpha value is -3.47. The van der Waals surface area contributed by atoms with Crippen molar-refractivity contribution in [1.29, 1.82) is 0 Å². The topological polar surface area (TPSA) is 43.3 Å².